The Kier molecular flexibility index (Phi) is 5.62. The third-order valence-corrected chi connectivity index (χ3v) is 5.71. The number of rotatable bonds is 5. The van der Waals surface area contributed by atoms with Crippen molar-refractivity contribution in [1.29, 1.82) is 0 Å². The number of carbonyl (C=O) groups excluding carboxylic acids is 1. The lowest BCUT2D eigenvalue weighted by atomic mass is 9.93. The number of nitrogens with one attached hydrogen (secondary N) is 3. The highest BCUT2D eigenvalue weighted by atomic mass is 16.5. The molecule has 2 aliphatic rings. The van der Waals surface area contributed by atoms with Crippen molar-refractivity contribution in [3.8, 4) is 5.75 Å². The minimum absolute atomic E-state index is 0.0781. The number of para-hydroxylation sites is 1. The predicted molar refractivity (Wildman–Crippen MR) is 115 cm³/mol. The number of amides is 1. The topological polar surface area (TPSA) is 82.6 Å². The van der Waals surface area contributed by atoms with Crippen molar-refractivity contribution in [2.45, 2.75) is 50.3 Å². The van der Waals surface area contributed by atoms with Crippen LogP contribution in [-0.4, -0.2) is 41.9 Å². The molecule has 0 radical (unpaired) electrons. The summed E-state index contributed by atoms with van der Waals surface area (Å²) in [6, 6.07) is 15.7. The first kappa shape index (κ1) is 19.6. The van der Waals surface area contributed by atoms with Gasteiger partial charge in [0.05, 0.1) is 17.3 Å². The van der Waals surface area contributed by atoms with Crippen LogP contribution in [0.3, 0.4) is 0 Å². The fourth-order valence-electron chi connectivity index (χ4n) is 3.93. The summed E-state index contributed by atoms with van der Waals surface area (Å²) in [6.45, 7) is 3.33. The number of anilines is 2. The molecular weight excluding hydrogens is 366 g/mol. The number of hydrogen-bond donors (Lipinski definition) is 4. The maximum atomic E-state index is 12.7. The van der Waals surface area contributed by atoms with Crippen molar-refractivity contribution in [2.24, 2.45) is 0 Å². The van der Waals surface area contributed by atoms with E-state index in [1.807, 2.05) is 42.5 Å². The molecule has 1 heterocycles. The molecule has 4 rings (SSSR count). The number of hydrogen-bond acceptors (Lipinski definition) is 5. The molecular formula is C23H29N3O3. The second-order valence-electron chi connectivity index (χ2n) is 8.38. The molecule has 0 bridgehead atoms. The maximum Gasteiger partial charge on any atom is 0.251 e. The van der Waals surface area contributed by atoms with Gasteiger partial charge in [0.25, 0.3) is 5.91 Å². The zero-order chi connectivity index (χ0) is 20.3. The molecule has 1 amide bonds. The van der Waals surface area contributed by atoms with Gasteiger partial charge in [-0.1, -0.05) is 18.2 Å². The molecule has 1 aliphatic heterocycles. The first-order valence-corrected chi connectivity index (χ1v) is 10.3. The second kappa shape index (κ2) is 8.33. The maximum absolute atomic E-state index is 12.7. The molecule has 6 heteroatoms. The first-order chi connectivity index (χ1) is 14.0. The number of ether oxygens (including phenoxy) is 1. The van der Waals surface area contributed by atoms with E-state index in [9.17, 15) is 9.90 Å². The van der Waals surface area contributed by atoms with E-state index in [1.165, 1.54) is 0 Å². The monoisotopic (exact) mass is 395 g/mol. The van der Waals surface area contributed by atoms with Gasteiger partial charge in [-0.25, -0.2) is 0 Å². The zero-order valence-electron chi connectivity index (χ0n) is 16.8. The molecule has 1 atom stereocenters. The summed E-state index contributed by atoms with van der Waals surface area (Å²) < 4.78 is 5.96. The Bertz CT molecular complexity index is 850. The van der Waals surface area contributed by atoms with Crippen molar-refractivity contribution in [2.75, 3.05) is 23.8 Å². The molecule has 1 saturated carbocycles. The van der Waals surface area contributed by atoms with Crippen molar-refractivity contribution in [3.05, 3.63) is 54.1 Å². The van der Waals surface area contributed by atoms with E-state index < -0.39 is 0 Å². The highest BCUT2D eigenvalue weighted by Gasteiger charge is 2.31. The van der Waals surface area contributed by atoms with Crippen LogP contribution in [0, 0.1) is 0 Å². The van der Waals surface area contributed by atoms with Crippen LogP contribution in [0.15, 0.2) is 48.5 Å². The standard InChI is InChI=1S/C23H29N3O3/c1-23(14-24-17-5-3-2-4-6-17)15-29-21-12-7-16(13-20(21)26-23)22(28)25-18-8-10-19(27)11-9-18/h2-7,12-13,18-19,24,26-27H,8-11,14-15H2,1H3,(H,25,28). The molecule has 29 heavy (non-hydrogen) atoms. The normalized spacial score (nSPS) is 25.9. The van der Waals surface area contributed by atoms with E-state index in [1.54, 1.807) is 6.07 Å². The number of fused-ring (bicyclic) bond motifs is 1. The van der Waals surface area contributed by atoms with Gasteiger partial charge in [-0.05, 0) is 62.9 Å². The molecule has 1 aliphatic carbocycles. The van der Waals surface area contributed by atoms with Gasteiger partial charge < -0.3 is 25.8 Å². The lowest BCUT2D eigenvalue weighted by molar-refractivity contribution is 0.0867. The fourth-order valence-corrected chi connectivity index (χ4v) is 3.93. The van der Waals surface area contributed by atoms with Crippen LogP contribution in [0.5, 0.6) is 5.75 Å². The minimum Gasteiger partial charge on any atom is -0.489 e. The van der Waals surface area contributed by atoms with E-state index in [-0.39, 0.29) is 23.6 Å². The summed E-state index contributed by atoms with van der Waals surface area (Å²) in [6.07, 6.45) is 2.91. The van der Waals surface area contributed by atoms with Gasteiger partial charge in [0.2, 0.25) is 0 Å². The largest absolute Gasteiger partial charge is 0.489 e. The third kappa shape index (κ3) is 4.82. The summed E-state index contributed by atoms with van der Waals surface area (Å²) in [7, 11) is 0. The van der Waals surface area contributed by atoms with Crippen LogP contribution < -0.4 is 20.7 Å². The Morgan fingerprint density at radius 1 is 1.17 bits per heavy atom. The fraction of sp³-hybridized carbons (Fsp3) is 0.435. The number of carbonyl (C=O) groups is 1. The Labute approximate surface area is 171 Å². The van der Waals surface area contributed by atoms with Crippen LogP contribution in [0.2, 0.25) is 0 Å². The summed E-state index contributed by atoms with van der Waals surface area (Å²) in [5, 5.41) is 19.7. The molecule has 154 valence electrons. The van der Waals surface area contributed by atoms with Crippen LogP contribution >= 0.6 is 0 Å². The van der Waals surface area contributed by atoms with Crippen LogP contribution in [0.4, 0.5) is 11.4 Å². The highest BCUT2D eigenvalue weighted by molar-refractivity contribution is 5.96. The number of aliphatic hydroxyl groups excluding tert-OH is 1. The molecule has 0 saturated heterocycles. The number of aliphatic hydroxyl groups is 1. The lowest BCUT2D eigenvalue weighted by Gasteiger charge is -2.37. The molecule has 6 nitrogen and oxygen atoms in total. The summed E-state index contributed by atoms with van der Waals surface area (Å²) >= 11 is 0. The second-order valence-corrected chi connectivity index (χ2v) is 8.38. The Balaban J connectivity index is 1.40. The van der Waals surface area contributed by atoms with E-state index in [0.717, 1.165) is 42.8 Å². The van der Waals surface area contributed by atoms with Gasteiger partial charge in [0, 0.05) is 23.8 Å². The van der Waals surface area contributed by atoms with Crippen molar-refractivity contribution in [1.82, 2.24) is 5.32 Å². The van der Waals surface area contributed by atoms with Crippen molar-refractivity contribution >= 4 is 17.3 Å². The van der Waals surface area contributed by atoms with Gasteiger partial charge in [-0.3, -0.25) is 4.79 Å². The van der Waals surface area contributed by atoms with Gasteiger partial charge >= 0.3 is 0 Å². The lowest BCUT2D eigenvalue weighted by Crippen LogP contribution is -2.49. The average Bonchev–Trinajstić information content (AvgIpc) is 2.74. The average molecular weight is 396 g/mol. The number of benzene rings is 2. The van der Waals surface area contributed by atoms with E-state index >= 15 is 0 Å². The minimum atomic E-state index is -0.294. The van der Waals surface area contributed by atoms with Crippen LogP contribution in [0.25, 0.3) is 0 Å². The third-order valence-electron chi connectivity index (χ3n) is 5.71. The zero-order valence-corrected chi connectivity index (χ0v) is 16.8. The van der Waals surface area contributed by atoms with Crippen LogP contribution in [0.1, 0.15) is 43.0 Å². The molecule has 1 unspecified atom stereocenters. The molecule has 1 fully saturated rings. The van der Waals surface area contributed by atoms with E-state index in [2.05, 4.69) is 22.9 Å². The van der Waals surface area contributed by atoms with Gasteiger partial charge in [0.15, 0.2) is 0 Å². The van der Waals surface area contributed by atoms with Crippen molar-refractivity contribution in [3.63, 3.8) is 0 Å². The van der Waals surface area contributed by atoms with E-state index in [0.29, 0.717) is 18.7 Å². The highest BCUT2D eigenvalue weighted by Crippen LogP contribution is 2.33. The summed E-state index contributed by atoms with van der Waals surface area (Å²) in [5.41, 5.74) is 2.22. The predicted octanol–water partition coefficient (Wildman–Crippen LogP) is 3.40. The molecule has 2 aromatic rings. The van der Waals surface area contributed by atoms with E-state index in [4.69, 9.17) is 4.74 Å². The Hall–Kier alpha value is -2.73. The molecule has 0 aromatic heterocycles. The van der Waals surface area contributed by atoms with Gasteiger partial charge in [-0.15, -0.1) is 0 Å². The smallest absolute Gasteiger partial charge is 0.251 e. The molecule has 2 aromatic carbocycles. The summed E-state index contributed by atoms with van der Waals surface area (Å²) in [5.74, 6) is 0.685. The first-order valence-electron chi connectivity index (χ1n) is 10.3. The quantitative estimate of drug-likeness (QED) is 0.624. The van der Waals surface area contributed by atoms with Crippen LogP contribution in [-0.2, 0) is 0 Å². The molecule has 4 N–H and O–H groups in total. The van der Waals surface area contributed by atoms with Crippen molar-refractivity contribution < 1.29 is 14.6 Å². The summed E-state index contributed by atoms with van der Waals surface area (Å²) in [4.78, 5) is 12.7. The Morgan fingerprint density at radius 3 is 2.69 bits per heavy atom. The molecule has 0 spiro atoms. The van der Waals surface area contributed by atoms with Gasteiger partial charge in [0.1, 0.15) is 12.4 Å². The van der Waals surface area contributed by atoms with Gasteiger partial charge in [-0.2, -0.15) is 0 Å². The Morgan fingerprint density at radius 2 is 1.93 bits per heavy atom. The SMILES string of the molecule is CC1(CNc2ccccc2)COc2ccc(C(=O)NC3CCC(O)CC3)cc2N1.